The van der Waals surface area contributed by atoms with Gasteiger partial charge in [0.2, 0.25) is 5.91 Å². The average Bonchev–Trinajstić information content (AvgIpc) is 2.40. The van der Waals surface area contributed by atoms with Gasteiger partial charge in [0.15, 0.2) is 0 Å². The summed E-state index contributed by atoms with van der Waals surface area (Å²) in [7, 11) is 0. The van der Waals surface area contributed by atoms with E-state index in [1.165, 1.54) is 6.92 Å². The van der Waals surface area contributed by atoms with Crippen LogP contribution in [0, 0.1) is 0 Å². The van der Waals surface area contributed by atoms with E-state index in [9.17, 15) is 4.79 Å². The molecule has 0 unspecified atom stereocenters. The third-order valence-electron chi connectivity index (χ3n) is 2.66. The largest absolute Gasteiger partial charge is 0.487 e. The Balaban J connectivity index is 2.18. The van der Waals surface area contributed by atoms with Gasteiger partial charge in [0.25, 0.3) is 0 Å². The van der Waals surface area contributed by atoms with Crippen LogP contribution < -0.4 is 15.8 Å². The number of ether oxygens (including phenoxy) is 1. The lowest BCUT2D eigenvalue weighted by Crippen LogP contribution is -2.08. The smallest absolute Gasteiger partial charge is 0.221 e. The SMILES string of the molecule is CC(=O)Nc1ccc(N)cc1OCc1ccccc1Cl. The Bertz CT molecular complexity index is 629. The first-order valence-corrected chi connectivity index (χ1v) is 6.47. The number of nitrogen functional groups attached to an aromatic ring is 1. The number of amides is 1. The van der Waals surface area contributed by atoms with E-state index >= 15 is 0 Å². The standard InChI is InChI=1S/C15H15ClN2O2/c1-10(19)18-14-7-6-12(17)8-15(14)20-9-11-4-2-3-5-13(11)16/h2-8H,9,17H2,1H3,(H,18,19). The molecule has 0 aliphatic carbocycles. The molecule has 3 N–H and O–H groups in total. The molecule has 2 aromatic carbocycles. The maximum absolute atomic E-state index is 11.2. The van der Waals surface area contributed by atoms with Crippen molar-refractivity contribution in [2.45, 2.75) is 13.5 Å². The Kier molecular flexibility index (Phi) is 4.48. The zero-order valence-corrected chi connectivity index (χ0v) is 11.8. The molecule has 0 bridgehead atoms. The molecular weight excluding hydrogens is 276 g/mol. The molecule has 1 amide bonds. The maximum atomic E-state index is 11.2. The molecule has 0 fully saturated rings. The lowest BCUT2D eigenvalue weighted by atomic mass is 10.2. The Morgan fingerprint density at radius 3 is 2.75 bits per heavy atom. The van der Waals surface area contributed by atoms with Gasteiger partial charge in [0, 0.05) is 29.3 Å². The van der Waals surface area contributed by atoms with E-state index in [0.717, 1.165) is 5.56 Å². The normalized spacial score (nSPS) is 10.1. The van der Waals surface area contributed by atoms with Crippen LogP contribution in [0.2, 0.25) is 5.02 Å². The summed E-state index contributed by atoms with van der Waals surface area (Å²) in [4.78, 5) is 11.2. The topological polar surface area (TPSA) is 64.4 Å². The van der Waals surface area contributed by atoms with Crippen LogP contribution in [0.3, 0.4) is 0 Å². The number of nitrogens with one attached hydrogen (secondary N) is 1. The fourth-order valence-electron chi connectivity index (χ4n) is 1.72. The Labute approximate surface area is 122 Å². The summed E-state index contributed by atoms with van der Waals surface area (Å²) in [6.07, 6.45) is 0. The molecule has 104 valence electrons. The van der Waals surface area contributed by atoms with Gasteiger partial charge in [-0.1, -0.05) is 29.8 Å². The average molecular weight is 291 g/mol. The van der Waals surface area contributed by atoms with E-state index < -0.39 is 0 Å². The lowest BCUT2D eigenvalue weighted by molar-refractivity contribution is -0.114. The fraction of sp³-hybridized carbons (Fsp3) is 0.133. The van der Waals surface area contributed by atoms with Gasteiger partial charge in [-0.05, 0) is 18.2 Å². The number of anilines is 2. The number of nitrogens with two attached hydrogens (primary N) is 1. The molecule has 0 atom stereocenters. The number of carbonyl (C=O) groups is 1. The van der Waals surface area contributed by atoms with Crippen LogP contribution in [0.5, 0.6) is 5.75 Å². The Morgan fingerprint density at radius 1 is 1.30 bits per heavy atom. The molecule has 2 rings (SSSR count). The Hall–Kier alpha value is -2.20. The van der Waals surface area contributed by atoms with Crippen molar-refractivity contribution in [3.05, 3.63) is 53.1 Å². The van der Waals surface area contributed by atoms with Crippen molar-refractivity contribution in [1.82, 2.24) is 0 Å². The molecular formula is C15H15ClN2O2. The quantitative estimate of drug-likeness (QED) is 0.848. The number of hydrogen-bond donors (Lipinski definition) is 2. The number of halogens is 1. The Morgan fingerprint density at radius 2 is 2.05 bits per heavy atom. The minimum atomic E-state index is -0.169. The van der Waals surface area contributed by atoms with Gasteiger partial charge < -0.3 is 15.8 Å². The zero-order chi connectivity index (χ0) is 14.5. The van der Waals surface area contributed by atoms with Crippen molar-refractivity contribution in [2.24, 2.45) is 0 Å². The van der Waals surface area contributed by atoms with Crippen molar-refractivity contribution < 1.29 is 9.53 Å². The van der Waals surface area contributed by atoms with Gasteiger partial charge in [0.05, 0.1) is 5.69 Å². The van der Waals surface area contributed by atoms with Crippen molar-refractivity contribution >= 4 is 28.9 Å². The number of rotatable bonds is 4. The second-order valence-corrected chi connectivity index (χ2v) is 4.72. The van der Waals surface area contributed by atoms with E-state index in [0.29, 0.717) is 28.8 Å². The number of carbonyl (C=O) groups excluding carboxylic acids is 1. The molecule has 0 spiro atoms. The van der Waals surface area contributed by atoms with Gasteiger partial charge in [-0.25, -0.2) is 0 Å². The van der Waals surface area contributed by atoms with Crippen molar-refractivity contribution in [1.29, 1.82) is 0 Å². The first-order chi connectivity index (χ1) is 9.56. The van der Waals surface area contributed by atoms with E-state index in [1.807, 2.05) is 18.2 Å². The summed E-state index contributed by atoms with van der Waals surface area (Å²) in [5.41, 5.74) is 7.75. The summed E-state index contributed by atoms with van der Waals surface area (Å²) in [5.74, 6) is 0.345. The highest BCUT2D eigenvalue weighted by atomic mass is 35.5. The van der Waals surface area contributed by atoms with Crippen LogP contribution in [-0.4, -0.2) is 5.91 Å². The second-order valence-electron chi connectivity index (χ2n) is 4.32. The summed E-state index contributed by atoms with van der Waals surface area (Å²) < 4.78 is 5.71. The van der Waals surface area contributed by atoms with E-state index in [4.69, 9.17) is 22.1 Å². The molecule has 0 heterocycles. The molecule has 2 aromatic rings. The molecule has 20 heavy (non-hydrogen) atoms. The molecule has 0 saturated heterocycles. The zero-order valence-electron chi connectivity index (χ0n) is 11.0. The van der Waals surface area contributed by atoms with Gasteiger partial charge in [0.1, 0.15) is 12.4 Å². The van der Waals surface area contributed by atoms with E-state index in [1.54, 1.807) is 24.3 Å². The minimum absolute atomic E-state index is 0.169. The van der Waals surface area contributed by atoms with Crippen molar-refractivity contribution in [2.75, 3.05) is 11.1 Å². The van der Waals surface area contributed by atoms with Gasteiger partial charge in [-0.15, -0.1) is 0 Å². The van der Waals surface area contributed by atoms with Crippen LogP contribution in [0.4, 0.5) is 11.4 Å². The van der Waals surface area contributed by atoms with Crippen LogP contribution in [0.1, 0.15) is 12.5 Å². The van der Waals surface area contributed by atoms with E-state index in [-0.39, 0.29) is 5.91 Å². The van der Waals surface area contributed by atoms with E-state index in [2.05, 4.69) is 5.32 Å². The molecule has 0 radical (unpaired) electrons. The van der Waals surface area contributed by atoms with Crippen molar-refractivity contribution in [3.63, 3.8) is 0 Å². The summed E-state index contributed by atoms with van der Waals surface area (Å²) in [6, 6.07) is 12.5. The molecule has 0 saturated carbocycles. The third kappa shape index (κ3) is 3.65. The molecule has 0 aliphatic heterocycles. The van der Waals surface area contributed by atoms with Crippen LogP contribution >= 0.6 is 11.6 Å². The monoisotopic (exact) mass is 290 g/mol. The summed E-state index contributed by atoms with van der Waals surface area (Å²) >= 11 is 6.07. The van der Waals surface area contributed by atoms with Gasteiger partial charge >= 0.3 is 0 Å². The summed E-state index contributed by atoms with van der Waals surface area (Å²) in [5, 5.41) is 3.34. The van der Waals surface area contributed by atoms with Crippen LogP contribution in [0.25, 0.3) is 0 Å². The highest BCUT2D eigenvalue weighted by Crippen LogP contribution is 2.28. The second kappa shape index (κ2) is 6.30. The first kappa shape index (κ1) is 14.2. The summed E-state index contributed by atoms with van der Waals surface area (Å²) in [6.45, 7) is 1.74. The molecule has 0 aliphatic rings. The molecule has 5 heteroatoms. The van der Waals surface area contributed by atoms with Gasteiger partial charge in [-0.2, -0.15) is 0 Å². The number of benzene rings is 2. The molecule has 4 nitrogen and oxygen atoms in total. The minimum Gasteiger partial charge on any atom is -0.487 e. The first-order valence-electron chi connectivity index (χ1n) is 6.09. The lowest BCUT2D eigenvalue weighted by Gasteiger charge is -2.13. The maximum Gasteiger partial charge on any atom is 0.221 e. The predicted molar refractivity (Wildman–Crippen MR) is 80.9 cm³/mol. The fourth-order valence-corrected chi connectivity index (χ4v) is 1.91. The molecule has 0 aromatic heterocycles. The highest BCUT2D eigenvalue weighted by Gasteiger charge is 2.07. The number of hydrogen-bond acceptors (Lipinski definition) is 3. The predicted octanol–water partition coefficient (Wildman–Crippen LogP) is 3.46. The van der Waals surface area contributed by atoms with Gasteiger partial charge in [-0.3, -0.25) is 4.79 Å². The van der Waals surface area contributed by atoms with Crippen LogP contribution in [0.15, 0.2) is 42.5 Å². The third-order valence-corrected chi connectivity index (χ3v) is 3.03. The highest BCUT2D eigenvalue weighted by molar-refractivity contribution is 6.31. The van der Waals surface area contributed by atoms with Crippen molar-refractivity contribution in [3.8, 4) is 5.75 Å². The van der Waals surface area contributed by atoms with Crippen LogP contribution in [-0.2, 0) is 11.4 Å².